The molecule has 0 aromatic rings. The molecule has 3 unspecified atom stereocenters. The number of hydrogen-bond donors (Lipinski definition) is 1. The van der Waals surface area contributed by atoms with Crippen molar-refractivity contribution in [1.82, 2.24) is 9.80 Å². The fraction of sp³-hybridized carbons (Fsp3) is 1.00. The van der Waals surface area contributed by atoms with Crippen molar-refractivity contribution in [3.05, 3.63) is 0 Å². The molecule has 1 heterocycles. The zero-order valence-corrected chi connectivity index (χ0v) is 11.6. The molecule has 2 rings (SSSR count). The molecule has 2 fully saturated rings. The lowest BCUT2D eigenvalue weighted by molar-refractivity contribution is 0.114. The molecule has 1 aliphatic carbocycles. The monoisotopic (exact) mass is 239 g/mol. The molecule has 0 aromatic carbocycles. The Bertz CT molecular complexity index is 232. The minimum Gasteiger partial charge on any atom is -0.326 e. The third kappa shape index (κ3) is 3.43. The minimum atomic E-state index is 0.418. The second kappa shape index (κ2) is 6.17. The summed E-state index contributed by atoms with van der Waals surface area (Å²) in [4.78, 5) is 5.13. The Morgan fingerprint density at radius 3 is 2.71 bits per heavy atom. The fourth-order valence-electron chi connectivity index (χ4n) is 3.44. The number of nitrogens with two attached hydrogens (primary N) is 1. The van der Waals surface area contributed by atoms with Crippen LogP contribution in [-0.2, 0) is 0 Å². The number of nitrogens with zero attached hydrogens (tertiary/aromatic N) is 2. The smallest absolute Gasteiger partial charge is 0.0250 e. The average molecular weight is 239 g/mol. The summed E-state index contributed by atoms with van der Waals surface area (Å²) >= 11 is 0. The summed E-state index contributed by atoms with van der Waals surface area (Å²) in [5.41, 5.74) is 6.36. The first-order chi connectivity index (χ1) is 8.20. The first kappa shape index (κ1) is 13.3. The Morgan fingerprint density at radius 2 is 1.94 bits per heavy atom. The van der Waals surface area contributed by atoms with E-state index in [0.717, 1.165) is 5.92 Å². The van der Waals surface area contributed by atoms with Gasteiger partial charge in [0.15, 0.2) is 0 Å². The van der Waals surface area contributed by atoms with E-state index >= 15 is 0 Å². The van der Waals surface area contributed by atoms with Crippen molar-refractivity contribution in [2.45, 2.75) is 51.1 Å². The van der Waals surface area contributed by atoms with E-state index in [-0.39, 0.29) is 0 Å². The van der Waals surface area contributed by atoms with Crippen molar-refractivity contribution in [3.8, 4) is 0 Å². The zero-order valence-electron chi connectivity index (χ0n) is 11.6. The molecular formula is C14H29N3. The van der Waals surface area contributed by atoms with Crippen molar-refractivity contribution in [2.24, 2.45) is 11.7 Å². The van der Waals surface area contributed by atoms with Gasteiger partial charge in [-0.3, -0.25) is 4.90 Å². The molecule has 0 spiro atoms. The Balaban J connectivity index is 1.93. The Kier molecular flexibility index (Phi) is 4.83. The second-order valence-electron chi connectivity index (χ2n) is 6.01. The Morgan fingerprint density at radius 1 is 1.12 bits per heavy atom. The van der Waals surface area contributed by atoms with Crippen molar-refractivity contribution in [1.29, 1.82) is 0 Å². The molecule has 3 nitrogen and oxygen atoms in total. The molecule has 17 heavy (non-hydrogen) atoms. The third-order valence-electron chi connectivity index (χ3n) is 4.78. The molecule has 1 aliphatic heterocycles. The highest BCUT2D eigenvalue weighted by Crippen LogP contribution is 2.29. The lowest BCUT2D eigenvalue weighted by Crippen LogP contribution is -2.52. The topological polar surface area (TPSA) is 32.5 Å². The summed E-state index contributed by atoms with van der Waals surface area (Å²) < 4.78 is 0. The molecule has 0 aromatic heterocycles. The van der Waals surface area contributed by atoms with Gasteiger partial charge >= 0.3 is 0 Å². The van der Waals surface area contributed by atoms with E-state index < -0.39 is 0 Å². The van der Waals surface area contributed by atoms with Crippen molar-refractivity contribution in [2.75, 3.05) is 33.2 Å². The van der Waals surface area contributed by atoms with Crippen LogP contribution in [0.2, 0.25) is 0 Å². The SMILES string of the molecule is CCC1CCC(N)C(N2CCCN(C)CC2)C1. The van der Waals surface area contributed by atoms with Gasteiger partial charge in [-0.25, -0.2) is 0 Å². The summed E-state index contributed by atoms with van der Waals surface area (Å²) in [5.74, 6) is 0.917. The van der Waals surface area contributed by atoms with Gasteiger partial charge in [0, 0.05) is 25.2 Å². The van der Waals surface area contributed by atoms with E-state index in [0.29, 0.717) is 12.1 Å². The molecule has 3 heteroatoms. The molecule has 1 saturated heterocycles. The van der Waals surface area contributed by atoms with Crippen molar-refractivity contribution >= 4 is 0 Å². The molecular weight excluding hydrogens is 210 g/mol. The van der Waals surface area contributed by atoms with E-state index in [4.69, 9.17) is 5.73 Å². The standard InChI is InChI=1S/C14H29N3/c1-3-12-5-6-13(15)14(11-12)17-8-4-7-16(2)9-10-17/h12-14H,3-11,15H2,1-2H3. The summed E-state index contributed by atoms with van der Waals surface area (Å²) in [6, 6.07) is 1.07. The molecule has 1 saturated carbocycles. The molecule has 3 atom stereocenters. The first-order valence-electron chi connectivity index (χ1n) is 7.39. The number of rotatable bonds is 2. The maximum Gasteiger partial charge on any atom is 0.0250 e. The van der Waals surface area contributed by atoms with Crippen LogP contribution in [-0.4, -0.2) is 55.1 Å². The van der Waals surface area contributed by atoms with Gasteiger partial charge in [-0.1, -0.05) is 13.3 Å². The average Bonchev–Trinajstić information content (AvgIpc) is 2.55. The normalized spacial score (nSPS) is 37.9. The van der Waals surface area contributed by atoms with Crippen molar-refractivity contribution in [3.63, 3.8) is 0 Å². The quantitative estimate of drug-likeness (QED) is 0.793. The predicted molar refractivity (Wildman–Crippen MR) is 73.1 cm³/mol. The van der Waals surface area contributed by atoms with Gasteiger partial charge in [0.2, 0.25) is 0 Å². The Labute approximate surface area is 106 Å². The fourth-order valence-corrected chi connectivity index (χ4v) is 3.44. The highest BCUT2D eigenvalue weighted by molar-refractivity contribution is 4.90. The number of hydrogen-bond acceptors (Lipinski definition) is 3. The van der Waals surface area contributed by atoms with E-state index in [1.54, 1.807) is 0 Å². The highest BCUT2D eigenvalue weighted by atomic mass is 15.2. The van der Waals surface area contributed by atoms with E-state index in [1.807, 2.05) is 0 Å². The van der Waals surface area contributed by atoms with Crippen LogP contribution in [0.15, 0.2) is 0 Å². The third-order valence-corrected chi connectivity index (χ3v) is 4.78. The van der Waals surface area contributed by atoms with Gasteiger partial charge in [0.1, 0.15) is 0 Å². The van der Waals surface area contributed by atoms with E-state index in [1.165, 1.54) is 58.3 Å². The van der Waals surface area contributed by atoms with Gasteiger partial charge in [0.25, 0.3) is 0 Å². The molecule has 0 bridgehead atoms. The lowest BCUT2D eigenvalue weighted by Gasteiger charge is -2.41. The molecule has 2 aliphatic rings. The van der Waals surface area contributed by atoms with E-state index in [9.17, 15) is 0 Å². The van der Waals surface area contributed by atoms with Crippen molar-refractivity contribution < 1.29 is 0 Å². The minimum absolute atomic E-state index is 0.418. The van der Waals surface area contributed by atoms with Gasteiger partial charge in [-0.2, -0.15) is 0 Å². The highest BCUT2D eigenvalue weighted by Gasteiger charge is 2.32. The Hall–Kier alpha value is -0.120. The predicted octanol–water partition coefficient (Wildman–Crippen LogP) is 1.53. The summed E-state index contributed by atoms with van der Waals surface area (Å²) in [6.45, 7) is 7.24. The first-order valence-corrected chi connectivity index (χ1v) is 7.39. The van der Waals surface area contributed by atoms with Gasteiger partial charge < -0.3 is 10.6 Å². The zero-order chi connectivity index (χ0) is 12.3. The molecule has 100 valence electrons. The molecule has 2 N–H and O–H groups in total. The molecule has 0 radical (unpaired) electrons. The van der Waals surface area contributed by atoms with Gasteiger partial charge in [0.05, 0.1) is 0 Å². The van der Waals surface area contributed by atoms with E-state index in [2.05, 4.69) is 23.8 Å². The maximum atomic E-state index is 6.36. The summed E-state index contributed by atoms with van der Waals surface area (Å²) in [7, 11) is 2.24. The van der Waals surface area contributed by atoms with Crippen LogP contribution in [0.4, 0.5) is 0 Å². The van der Waals surface area contributed by atoms with Crippen LogP contribution in [0.25, 0.3) is 0 Å². The number of likely N-dealkylation sites (N-methyl/N-ethyl adjacent to an activating group) is 1. The lowest BCUT2D eigenvalue weighted by atomic mass is 9.80. The van der Waals surface area contributed by atoms with Crippen LogP contribution in [0.3, 0.4) is 0 Å². The van der Waals surface area contributed by atoms with Gasteiger partial charge in [-0.05, 0) is 51.7 Å². The maximum absolute atomic E-state index is 6.36. The molecule has 0 amide bonds. The summed E-state index contributed by atoms with van der Waals surface area (Å²) in [5, 5.41) is 0. The largest absolute Gasteiger partial charge is 0.326 e. The van der Waals surface area contributed by atoms with Crippen LogP contribution >= 0.6 is 0 Å². The van der Waals surface area contributed by atoms with Crippen LogP contribution < -0.4 is 5.73 Å². The van der Waals surface area contributed by atoms with Gasteiger partial charge in [-0.15, -0.1) is 0 Å². The van der Waals surface area contributed by atoms with Crippen LogP contribution in [0, 0.1) is 5.92 Å². The van der Waals surface area contributed by atoms with Crippen LogP contribution in [0.1, 0.15) is 39.0 Å². The second-order valence-corrected chi connectivity index (χ2v) is 6.01. The summed E-state index contributed by atoms with van der Waals surface area (Å²) in [6.07, 6.45) is 6.55. The van der Waals surface area contributed by atoms with Crippen LogP contribution in [0.5, 0.6) is 0 Å².